The third kappa shape index (κ3) is 5.55. The normalized spacial score (nSPS) is 13.8. The van der Waals surface area contributed by atoms with Gasteiger partial charge in [0.2, 0.25) is 0 Å². The van der Waals surface area contributed by atoms with Crippen LogP contribution in [0.1, 0.15) is 25.0 Å². The van der Waals surface area contributed by atoms with Gasteiger partial charge in [0.15, 0.2) is 9.84 Å². The number of rotatable bonds is 7. The average Bonchev–Trinajstić information content (AvgIpc) is 2.37. The third-order valence-corrected chi connectivity index (χ3v) is 3.88. The van der Waals surface area contributed by atoms with E-state index in [1.54, 1.807) is 12.1 Å². The van der Waals surface area contributed by atoms with Gasteiger partial charge in [0.05, 0.1) is 11.0 Å². The van der Waals surface area contributed by atoms with Gasteiger partial charge in [-0.05, 0) is 37.6 Å². The lowest BCUT2D eigenvalue weighted by molar-refractivity contribution is 0.175. The van der Waals surface area contributed by atoms with Crippen molar-refractivity contribution in [3.8, 4) is 0 Å². The maximum atomic E-state index is 11.3. The molecule has 0 heterocycles. The van der Waals surface area contributed by atoms with Crippen LogP contribution in [0.15, 0.2) is 41.3 Å². The second kappa shape index (κ2) is 7.43. The quantitative estimate of drug-likeness (QED) is 0.590. The zero-order valence-electron chi connectivity index (χ0n) is 11.3. The first-order valence-corrected chi connectivity index (χ1v) is 8.14. The van der Waals surface area contributed by atoms with Crippen LogP contribution in [0.5, 0.6) is 0 Å². The Bertz CT molecular complexity index is 506. The Balaban J connectivity index is 2.51. The minimum absolute atomic E-state index is 0.268. The molecule has 1 aromatic rings. The Morgan fingerprint density at radius 2 is 1.95 bits per heavy atom. The minimum atomic E-state index is -3.18. The van der Waals surface area contributed by atoms with Crippen molar-refractivity contribution in [2.75, 3.05) is 19.3 Å². The van der Waals surface area contributed by atoms with Crippen molar-refractivity contribution in [2.24, 2.45) is 0 Å². The summed E-state index contributed by atoms with van der Waals surface area (Å²) in [5.41, 5.74) is 0.714. The molecule has 0 amide bonds. The summed E-state index contributed by atoms with van der Waals surface area (Å²) in [5, 5.41) is 13.1. The Morgan fingerprint density at radius 1 is 1.32 bits per heavy atom. The summed E-state index contributed by atoms with van der Waals surface area (Å²) in [7, 11) is -3.18. The van der Waals surface area contributed by atoms with Crippen LogP contribution in [0.4, 0.5) is 0 Å². The van der Waals surface area contributed by atoms with Crippen LogP contribution in [0.25, 0.3) is 0 Å². The van der Waals surface area contributed by atoms with Gasteiger partial charge in [-0.15, -0.1) is 0 Å². The Labute approximate surface area is 115 Å². The molecule has 0 aliphatic heterocycles. The number of aliphatic hydroxyl groups excluding tert-OH is 1. The lowest BCUT2D eigenvalue weighted by Crippen LogP contribution is -2.22. The molecule has 0 saturated carbocycles. The minimum Gasteiger partial charge on any atom is -0.387 e. The molecule has 0 saturated heterocycles. The first-order valence-electron chi connectivity index (χ1n) is 6.25. The van der Waals surface area contributed by atoms with Crippen LogP contribution in [0.2, 0.25) is 0 Å². The van der Waals surface area contributed by atoms with E-state index in [0.717, 1.165) is 13.0 Å². The van der Waals surface area contributed by atoms with Gasteiger partial charge in [-0.25, -0.2) is 8.42 Å². The van der Waals surface area contributed by atoms with E-state index in [1.165, 1.54) is 18.4 Å². The lowest BCUT2D eigenvalue weighted by Gasteiger charge is -2.12. The highest BCUT2D eigenvalue weighted by atomic mass is 32.2. The van der Waals surface area contributed by atoms with Crippen LogP contribution < -0.4 is 5.32 Å². The number of benzene rings is 1. The number of aliphatic hydroxyl groups is 1. The highest BCUT2D eigenvalue weighted by Crippen LogP contribution is 2.15. The standard InChI is InChI=1S/C14H21NO3S/c1-3-4-5-10-15-11-14(16)12-6-8-13(9-7-12)19(2,17)18/h3-4,6-9,14-16H,5,10-11H2,1-2H3/b4-3+. The molecule has 0 aliphatic carbocycles. The molecule has 2 N–H and O–H groups in total. The molecule has 0 aromatic heterocycles. The number of allylic oxidation sites excluding steroid dienone is 1. The van der Waals surface area contributed by atoms with Crippen molar-refractivity contribution in [1.82, 2.24) is 5.32 Å². The fraction of sp³-hybridized carbons (Fsp3) is 0.429. The lowest BCUT2D eigenvalue weighted by atomic mass is 10.1. The van der Waals surface area contributed by atoms with E-state index in [0.29, 0.717) is 12.1 Å². The molecule has 0 spiro atoms. The van der Waals surface area contributed by atoms with Crippen molar-refractivity contribution in [1.29, 1.82) is 0 Å². The second-order valence-electron chi connectivity index (χ2n) is 4.42. The van der Waals surface area contributed by atoms with Gasteiger partial charge in [0.1, 0.15) is 0 Å². The molecule has 1 unspecified atom stereocenters. The molecule has 0 radical (unpaired) electrons. The van der Waals surface area contributed by atoms with E-state index in [-0.39, 0.29) is 4.90 Å². The first kappa shape index (κ1) is 15.9. The molecule has 4 nitrogen and oxygen atoms in total. The fourth-order valence-corrected chi connectivity index (χ4v) is 2.28. The molecule has 19 heavy (non-hydrogen) atoms. The summed E-state index contributed by atoms with van der Waals surface area (Å²) in [6, 6.07) is 6.34. The van der Waals surface area contributed by atoms with Crippen molar-refractivity contribution >= 4 is 9.84 Å². The van der Waals surface area contributed by atoms with Crippen molar-refractivity contribution < 1.29 is 13.5 Å². The summed E-state index contributed by atoms with van der Waals surface area (Å²) < 4.78 is 22.6. The molecule has 1 aromatic carbocycles. The Morgan fingerprint density at radius 3 is 2.47 bits per heavy atom. The maximum absolute atomic E-state index is 11.3. The van der Waals surface area contributed by atoms with Crippen molar-refractivity contribution in [2.45, 2.75) is 24.3 Å². The van der Waals surface area contributed by atoms with Gasteiger partial charge in [0, 0.05) is 12.8 Å². The predicted octanol–water partition coefficient (Wildman–Crippen LogP) is 1.68. The predicted molar refractivity (Wildman–Crippen MR) is 76.8 cm³/mol. The molecular weight excluding hydrogens is 262 g/mol. The number of sulfone groups is 1. The number of nitrogens with one attached hydrogen (secondary N) is 1. The van der Waals surface area contributed by atoms with Crippen molar-refractivity contribution in [3.05, 3.63) is 42.0 Å². The zero-order chi connectivity index (χ0) is 14.3. The van der Waals surface area contributed by atoms with Gasteiger partial charge in [0.25, 0.3) is 0 Å². The summed E-state index contributed by atoms with van der Waals surface area (Å²) in [6.07, 6.45) is 5.51. The topological polar surface area (TPSA) is 66.4 Å². The van der Waals surface area contributed by atoms with Crippen LogP contribution in [0.3, 0.4) is 0 Å². The molecule has 1 rings (SSSR count). The second-order valence-corrected chi connectivity index (χ2v) is 6.43. The molecule has 0 fully saturated rings. The number of hydrogen-bond acceptors (Lipinski definition) is 4. The number of hydrogen-bond donors (Lipinski definition) is 2. The van der Waals surface area contributed by atoms with E-state index in [9.17, 15) is 13.5 Å². The first-order chi connectivity index (χ1) is 8.95. The summed E-state index contributed by atoms with van der Waals surface area (Å²) in [5.74, 6) is 0. The fourth-order valence-electron chi connectivity index (χ4n) is 1.65. The largest absolute Gasteiger partial charge is 0.387 e. The van der Waals surface area contributed by atoms with Crippen LogP contribution in [-0.2, 0) is 9.84 Å². The zero-order valence-corrected chi connectivity index (χ0v) is 12.2. The summed E-state index contributed by atoms with van der Waals surface area (Å²) >= 11 is 0. The molecule has 5 heteroatoms. The summed E-state index contributed by atoms with van der Waals surface area (Å²) in [6.45, 7) is 3.23. The smallest absolute Gasteiger partial charge is 0.175 e. The van der Waals surface area contributed by atoms with E-state index < -0.39 is 15.9 Å². The molecule has 1 atom stereocenters. The van der Waals surface area contributed by atoms with E-state index in [1.807, 2.05) is 13.0 Å². The van der Waals surface area contributed by atoms with Crippen LogP contribution >= 0.6 is 0 Å². The third-order valence-electron chi connectivity index (χ3n) is 2.75. The maximum Gasteiger partial charge on any atom is 0.175 e. The van der Waals surface area contributed by atoms with Gasteiger partial charge in [-0.3, -0.25) is 0 Å². The van der Waals surface area contributed by atoms with E-state index in [2.05, 4.69) is 11.4 Å². The van der Waals surface area contributed by atoms with E-state index >= 15 is 0 Å². The van der Waals surface area contributed by atoms with Crippen LogP contribution in [-0.4, -0.2) is 32.9 Å². The van der Waals surface area contributed by atoms with Gasteiger partial charge >= 0.3 is 0 Å². The van der Waals surface area contributed by atoms with Gasteiger partial charge < -0.3 is 10.4 Å². The molecular formula is C14H21NO3S. The van der Waals surface area contributed by atoms with Gasteiger partial charge in [-0.1, -0.05) is 24.3 Å². The average molecular weight is 283 g/mol. The summed E-state index contributed by atoms with van der Waals surface area (Å²) in [4.78, 5) is 0.268. The monoisotopic (exact) mass is 283 g/mol. The Hall–Kier alpha value is -1.17. The van der Waals surface area contributed by atoms with Crippen LogP contribution in [0, 0.1) is 0 Å². The molecule has 106 valence electrons. The van der Waals surface area contributed by atoms with E-state index in [4.69, 9.17) is 0 Å². The van der Waals surface area contributed by atoms with Crippen molar-refractivity contribution in [3.63, 3.8) is 0 Å². The Kier molecular flexibility index (Phi) is 6.21. The SMILES string of the molecule is C/C=C/CCNCC(O)c1ccc(S(C)(=O)=O)cc1. The van der Waals surface area contributed by atoms with Gasteiger partial charge in [-0.2, -0.15) is 0 Å². The molecule has 0 bridgehead atoms. The highest BCUT2D eigenvalue weighted by Gasteiger charge is 2.10. The molecule has 0 aliphatic rings. The highest BCUT2D eigenvalue weighted by molar-refractivity contribution is 7.90.